The lowest BCUT2D eigenvalue weighted by atomic mass is 9.64. The second kappa shape index (κ2) is 3.86. The summed E-state index contributed by atoms with van der Waals surface area (Å²) in [6.45, 7) is 0. The molecular formula is C14H10BO2-. The molecule has 2 radical (unpaired) electrons. The Morgan fingerprint density at radius 1 is 0.824 bits per heavy atom. The highest BCUT2D eigenvalue weighted by Crippen LogP contribution is 2.39. The number of rotatable bonds is 2. The van der Waals surface area contributed by atoms with Crippen LogP contribution in [0.2, 0.25) is 0 Å². The van der Waals surface area contributed by atoms with Gasteiger partial charge in [-0.25, -0.2) is 0 Å². The predicted molar refractivity (Wildman–Crippen MR) is 65.5 cm³/mol. The van der Waals surface area contributed by atoms with Gasteiger partial charge in [-0.3, -0.25) is 0 Å². The van der Waals surface area contributed by atoms with Gasteiger partial charge in [0.1, 0.15) is 0 Å². The van der Waals surface area contributed by atoms with E-state index in [0.717, 1.165) is 11.1 Å². The molecule has 0 atom stereocenters. The molecule has 2 aromatic carbocycles. The van der Waals surface area contributed by atoms with Gasteiger partial charge in [0.15, 0.2) is 0 Å². The zero-order valence-electron chi connectivity index (χ0n) is 9.17. The maximum absolute atomic E-state index is 12.0. The summed E-state index contributed by atoms with van der Waals surface area (Å²) in [5.41, 5.74) is 0.815. The summed E-state index contributed by atoms with van der Waals surface area (Å²) < 4.78 is 5.53. The first-order valence-electron chi connectivity index (χ1n) is 5.50. The van der Waals surface area contributed by atoms with Crippen molar-refractivity contribution in [2.45, 2.75) is 5.60 Å². The quantitative estimate of drug-likeness (QED) is 0.726. The van der Waals surface area contributed by atoms with Gasteiger partial charge in [-0.15, -0.1) is 0 Å². The zero-order chi connectivity index (χ0) is 11.7. The number of carbonyl (C=O) groups is 1. The van der Waals surface area contributed by atoms with Crippen LogP contribution in [-0.4, -0.2) is 13.2 Å². The number of benzene rings is 2. The first-order valence-corrected chi connectivity index (χ1v) is 5.50. The summed E-state index contributed by atoms with van der Waals surface area (Å²) in [5, 5.41) is 0. The van der Waals surface area contributed by atoms with Crippen molar-refractivity contribution < 1.29 is 9.45 Å². The molecule has 2 aromatic rings. The zero-order valence-corrected chi connectivity index (χ0v) is 9.17. The number of carbonyl (C=O) groups excluding carboxylic acids is 1. The van der Waals surface area contributed by atoms with Crippen LogP contribution in [-0.2, 0) is 15.0 Å². The molecule has 0 unspecified atom stereocenters. The molecule has 1 fully saturated rings. The highest BCUT2D eigenvalue weighted by Gasteiger charge is 2.38. The largest absolute Gasteiger partial charge is 0.638 e. The Bertz CT molecular complexity index is 497. The van der Waals surface area contributed by atoms with Gasteiger partial charge < -0.3 is 9.45 Å². The standard InChI is InChI=1S/C14H10BO2/c16-13-14(17-15-13,11-7-3-1-4-8-11)12-9-5-2-6-10-12/h1-10H/q-1. The van der Waals surface area contributed by atoms with Crippen molar-refractivity contribution in [3.63, 3.8) is 0 Å². The van der Waals surface area contributed by atoms with Gasteiger partial charge in [-0.1, -0.05) is 68.1 Å². The third-order valence-corrected chi connectivity index (χ3v) is 3.05. The van der Waals surface area contributed by atoms with Crippen LogP contribution in [0.5, 0.6) is 0 Å². The first kappa shape index (κ1) is 10.3. The molecule has 0 aliphatic carbocycles. The van der Waals surface area contributed by atoms with Crippen LogP contribution in [0, 0.1) is 0 Å². The molecule has 0 spiro atoms. The van der Waals surface area contributed by atoms with Crippen LogP contribution in [0.1, 0.15) is 11.1 Å². The molecule has 1 aliphatic rings. The van der Waals surface area contributed by atoms with Gasteiger partial charge in [-0.2, -0.15) is 0 Å². The monoisotopic (exact) mass is 221 g/mol. The smallest absolute Gasteiger partial charge is 0.0889 e. The maximum atomic E-state index is 12.0. The van der Waals surface area contributed by atoms with Crippen LogP contribution < -0.4 is 0 Å². The third kappa shape index (κ3) is 1.43. The van der Waals surface area contributed by atoms with E-state index in [1.807, 2.05) is 60.7 Å². The molecule has 82 valence electrons. The molecule has 0 amide bonds. The molecule has 1 saturated heterocycles. The van der Waals surface area contributed by atoms with Crippen LogP contribution >= 0.6 is 0 Å². The lowest BCUT2D eigenvalue weighted by Gasteiger charge is -2.54. The summed E-state index contributed by atoms with van der Waals surface area (Å²) >= 11 is 0. The molecule has 1 aliphatic heterocycles. The highest BCUT2D eigenvalue weighted by molar-refractivity contribution is 6.75. The molecule has 3 heteroatoms. The fourth-order valence-electron chi connectivity index (χ4n) is 2.16. The van der Waals surface area contributed by atoms with Crippen LogP contribution in [0.4, 0.5) is 0 Å². The van der Waals surface area contributed by atoms with E-state index in [1.54, 1.807) is 0 Å². The first-order chi connectivity index (χ1) is 8.34. The van der Waals surface area contributed by atoms with Gasteiger partial charge in [0.2, 0.25) is 0 Å². The minimum absolute atomic E-state index is 0.00472. The van der Waals surface area contributed by atoms with Gasteiger partial charge >= 0.3 is 0 Å². The summed E-state index contributed by atoms with van der Waals surface area (Å²) in [5.74, 6) is 0. The van der Waals surface area contributed by atoms with E-state index >= 15 is 0 Å². The molecule has 0 N–H and O–H groups in total. The molecule has 17 heavy (non-hydrogen) atoms. The topological polar surface area (TPSA) is 26.3 Å². The maximum Gasteiger partial charge on any atom is 0.0889 e. The Morgan fingerprint density at radius 2 is 1.29 bits per heavy atom. The molecular weight excluding hydrogens is 211 g/mol. The predicted octanol–water partition coefficient (Wildman–Crippen LogP) is 2.11. The Balaban J connectivity index is 2.16. The van der Waals surface area contributed by atoms with Gasteiger partial charge in [0, 0.05) is 0 Å². The Labute approximate surface area is 101 Å². The molecule has 0 saturated carbocycles. The van der Waals surface area contributed by atoms with Crippen LogP contribution in [0.25, 0.3) is 0 Å². The van der Waals surface area contributed by atoms with Crippen molar-refractivity contribution in [1.29, 1.82) is 0 Å². The fourth-order valence-corrected chi connectivity index (χ4v) is 2.16. The average molecular weight is 221 g/mol. The Kier molecular flexibility index (Phi) is 2.34. The Hall–Kier alpha value is -1.87. The molecule has 2 nitrogen and oxygen atoms in total. The number of hydrogen-bond donors (Lipinski definition) is 0. The fraction of sp³-hybridized carbons (Fsp3) is 0.0714. The third-order valence-electron chi connectivity index (χ3n) is 3.05. The molecule has 1 heterocycles. The summed E-state index contributed by atoms with van der Waals surface area (Å²) in [4.78, 5) is 12.0. The second-order valence-corrected chi connectivity index (χ2v) is 4.01. The van der Waals surface area contributed by atoms with Crippen molar-refractivity contribution in [3.8, 4) is 0 Å². The minimum Gasteiger partial charge on any atom is -0.638 e. The lowest BCUT2D eigenvalue weighted by Crippen LogP contribution is -2.54. The van der Waals surface area contributed by atoms with E-state index in [0.29, 0.717) is 0 Å². The van der Waals surface area contributed by atoms with E-state index in [2.05, 4.69) is 0 Å². The minimum atomic E-state index is -0.928. The second-order valence-electron chi connectivity index (χ2n) is 4.01. The summed E-state index contributed by atoms with van der Waals surface area (Å²) in [6, 6.07) is 19.2. The normalized spacial score (nSPS) is 17.5. The van der Waals surface area contributed by atoms with E-state index in [4.69, 9.17) is 4.65 Å². The van der Waals surface area contributed by atoms with Crippen molar-refractivity contribution in [1.82, 2.24) is 0 Å². The van der Waals surface area contributed by atoms with Crippen molar-refractivity contribution in [2.24, 2.45) is 0 Å². The summed E-state index contributed by atoms with van der Waals surface area (Å²) in [6.07, 6.45) is 0. The van der Waals surface area contributed by atoms with Crippen LogP contribution in [0.3, 0.4) is 0 Å². The summed E-state index contributed by atoms with van der Waals surface area (Å²) in [7, 11) is 1.28. The Morgan fingerprint density at radius 3 is 1.59 bits per heavy atom. The molecule has 0 bridgehead atoms. The van der Waals surface area contributed by atoms with E-state index in [1.165, 1.54) is 7.48 Å². The van der Waals surface area contributed by atoms with Crippen LogP contribution in [0.15, 0.2) is 60.7 Å². The average Bonchev–Trinajstić information content (AvgIpc) is 2.40. The van der Waals surface area contributed by atoms with Gasteiger partial charge in [0.25, 0.3) is 0 Å². The number of hydrogen-bond acceptors (Lipinski definition) is 2. The van der Waals surface area contributed by atoms with E-state index in [-0.39, 0.29) is 5.68 Å². The van der Waals surface area contributed by atoms with Crippen molar-refractivity contribution in [2.75, 3.05) is 0 Å². The molecule has 3 rings (SSSR count). The lowest BCUT2D eigenvalue weighted by molar-refractivity contribution is -0.133. The highest BCUT2D eigenvalue weighted by atomic mass is 16.5. The SMILES string of the molecule is O=C1[B-]OC1(c1ccccc1)c1ccccc1. The van der Waals surface area contributed by atoms with Gasteiger partial charge in [0.05, 0.1) is 5.60 Å². The van der Waals surface area contributed by atoms with Crippen molar-refractivity contribution >= 4 is 13.2 Å². The molecule has 0 aromatic heterocycles. The van der Waals surface area contributed by atoms with Crippen molar-refractivity contribution in [3.05, 3.63) is 71.8 Å². The van der Waals surface area contributed by atoms with E-state index in [9.17, 15) is 4.79 Å². The van der Waals surface area contributed by atoms with Gasteiger partial charge in [-0.05, 0) is 16.8 Å². The van der Waals surface area contributed by atoms with E-state index < -0.39 is 5.60 Å².